The highest BCUT2D eigenvalue weighted by Crippen LogP contribution is 2.31. The summed E-state index contributed by atoms with van der Waals surface area (Å²) in [6, 6.07) is 7.20. The highest BCUT2D eigenvalue weighted by molar-refractivity contribution is 6.30. The van der Waals surface area contributed by atoms with Gasteiger partial charge in [-0.2, -0.15) is 5.26 Å². The third-order valence-electron chi connectivity index (χ3n) is 2.13. The van der Waals surface area contributed by atoms with E-state index in [-0.39, 0.29) is 5.82 Å². The zero-order chi connectivity index (χ0) is 11.5. The Hall–Kier alpha value is -1.99. The van der Waals surface area contributed by atoms with Crippen LogP contribution in [-0.2, 0) is 0 Å². The lowest BCUT2D eigenvalue weighted by atomic mass is 10.1. The molecule has 2 aromatic rings. The van der Waals surface area contributed by atoms with E-state index >= 15 is 0 Å². The first-order valence-corrected chi connectivity index (χ1v) is 4.91. The second-order valence-corrected chi connectivity index (χ2v) is 3.54. The number of hydrogen-bond acceptors (Lipinski definition) is 3. The van der Waals surface area contributed by atoms with Gasteiger partial charge in [-0.1, -0.05) is 11.6 Å². The number of rotatable bonds is 2. The summed E-state index contributed by atoms with van der Waals surface area (Å²) in [5.74, 6) is 0.939. The van der Waals surface area contributed by atoms with Gasteiger partial charge in [0.15, 0.2) is 0 Å². The number of nitriles is 1. The molecule has 0 aliphatic rings. The largest absolute Gasteiger partial charge is 0.496 e. The van der Waals surface area contributed by atoms with Crippen LogP contribution in [-0.4, -0.2) is 17.1 Å². The molecule has 1 N–H and O–H groups in total. The molecule has 0 radical (unpaired) electrons. The summed E-state index contributed by atoms with van der Waals surface area (Å²) in [7, 11) is 1.58. The Morgan fingerprint density at radius 2 is 2.31 bits per heavy atom. The van der Waals surface area contributed by atoms with E-state index in [1.54, 1.807) is 31.5 Å². The zero-order valence-electron chi connectivity index (χ0n) is 8.49. The molecule has 0 bridgehead atoms. The first-order valence-electron chi connectivity index (χ1n) is 4.53. The SMILES string of the molecule is COc1ccc(Cl)cc1-c1cnc(C#N)[nH]1. The number of aromatic amines is 1. The molecule has 0 aliphatic carbocycles. The minimum Gasteiger partial charge on any atom is -0.496 e. The maximum absolute atomic E-state index is 8.68. The molecule has 1 heterocycles. The zero-order valence-corrected chi connectivity index (χ0v) is 9.25. The van der Waals surface area contributed by atoms with Gasteiger partial charge >= 0.3 is 0 Å². The molecule has 0 unspecified atom stereocenters. The fourth-order valence-electron chi connectivity index (χ4n) is 1.41. The van der Waals surface area contributed by atoms with Crippen LogP contribution in [0.4, 0.5) is 0 Å². The Morgan fingerprint density at radius 1 is 1.50 bits per heavy atom. The highest BCUT2D eigenvalue weighted by Gasteiger charge is 2.09. The molecule has 4 nitrogen and oxygen atoms in total. The van der Waals surface area contributed by atoms with Crippen LogP contribution in [0.3, 0.4) is 0 Å². The molecule has 5 heteroatoms. The molecule has 0 saturated heterocycles. The minimum absolute atomic E-state index is 0.261. The van der Waals surface area contributed by atoms with Gasteiger partial charge in [0.25, 0.3) is 0 Å². The van der Waals surface area contributed by atoms with E-state index in [1.165, 1.54) is 0 Å². The van der Waals surface area contributed by atoms with Gasteiger partial charge in [-0.3, -0.25) is 0 Å². The average molecular weight is 234 g/mol. The molecule has 1 aromatic heterocycles. The van der Waals surface area contributed by atoms with Crippen LogP contribution in [0.1, 0.15) is 5.82 Å². The average Bonchev–Trinajstić information content (AvgIpc) is 2.77. The van der Waals surface area contributed by atoms with Crippen molar-refractivity contribution in [3.05, 3.63) is 35.2 Å². The van der Waals surface area contributed by atoms with Crippen molar-refractivity contribution in [1.29, 1.82) is 5.26 Å². The van der Waals surface area contributed by atoms with Crippen molar-refractivity contribution >= 4 is 11.6 Å². The number of aromatic nitrogens is 2. The third-order valence-corrected chi connectivity index (χ3v) is 2.37. The number of hydrogen-bond donors (Lipinski definition) is 1. The van der Waals surface area contributed by atoms with Gasteiger partial charge in [-0.25, -0.2) is 4.98 Å². The van der Waals surface area contributed by atoms with Crippen molar-refractivity contribution in [2.75, 3.05) is 7.11 Å². The van der Waals surface area contributed by atoms with Gasteiger partial charge < -0.3 is 9.72 Å². The highest BCUT2D eigenvalue weighted by atomic mass is 35.5. The number of nitrogens with one attached hydrogen (secondary N) is 1. The maximum atomic E-state index is 8.68. The monoisotopic (exact) mass is 233 g/mol. The normalized spacial score (nSPS) is 9.81. The van der Waals surface area contributed by atoms with Crippen molar-refractivity contribution in [3.8, 4) is 23.1 Å². The number of ether oxygens (including phenoxy) is 1. The van der Waals surface area contributed by atoms with Crippen LogP contribution in [0.15, 0.2) is 24.4 Å². The summed E-state index contributed by atoms with van der Waals surface area (Å²) in [5, 5.41) is 9.28. The van der Waals surface area contributed by atoms with Crippen molar-refractivity contribution in [1.82, 2.24) is 9.97 Å². The summed E-state index contributed by atoms with van der Waals surface area (Å²) < 4.78 is 5.21. The van der Waals surface area contributed by atoms with Crippen LogP contribution in [0.2, 0.25) is 5.02 Å². The smallest absolute Gasteiger partial charge is 0.210 e. The number of benzene rings is 1. The van der Waals surface area contributed by atoms with E-state index in [0.717, 1.165) is 5.56 Å². The lowest BCUT2D eigenvalue weighted by Gasteiger charge is -2.06. The molecular formula is C11H8ClN3O. The fourth-order valence-corrected chi connectivity index (χ4v) is 1.58. The lowest BCUT2D eigenvalue weighted by Crippen LogP contribution is -1.88. The van der Waals surface area contributed by atoms with Crippen molar-refractivity contribution < 1.29 is 4.74 Å². The second kappa shape index (κ2) is 4.25. The summed E-state index contributed by atoms with van der Waals surface area (Å²) >= 11 is 5.91. The summed E-state index contributed by atoms with van der Waals surface area (Å²) in [6.07, 6.45) is 1.58. The molecule has 0 saturated carbocycles. The van der Waals surface area contributed by atoms with Gasteiger partial charge in [0.05, 0.1) is 19.0 Å². The van der Waals surface area contributed by atoms with Crippen LogP contribution < -0.4 is 4.74 Å². The molecule has 0 spiro atoms. The van der Waals surface area contributed by atoms with Crippen molar-refractivity contribution in [2.24, 2.45) is 0 Å². The van der Waals surface area contributed by atoms with Gasteiger partial charge in [0.2, 0.25) is 5.82 Å². The Kier molecular flexibility index (Phi) is 2.80. The van der Waals surface area contributed by atoms with Gasteiger partial charge in [0, 0.05) is 10.6 Å². The molecule has 0 fully saturated rings. The number of H-pyrrole nitrogens is 1. The molecule has 16 heavy (non-hydrogen) atoms. The Balaban J connectivity index is 2.54. The molecule has 2 rings (SSSR count). The molecule has 1 aromatic carbocycles. The quantitative estimate of drug-likeness (QED) is 0.867. The number of methoxy groups -OCH3 is 1. The molecule has 80 valence electrons. The standard InChI is InChI=1S/C11H8ClN3O/c1-16-10-3-2-7(12)4-8(10)9-6-14-11(5-13)15-9/h2-4,6H,1H3,(H,14,15). The van der Waals surface area contributed by atoms with Crippen LogP contribution in [0, 0.1) is 11.3 Å². The first kappa shape index (κ1) is 10.5. The molecule has 0 amide bonds. The minimum atomic E-state index is 0.261. The van der Waals surface area contributed by atoms with Crippen molar-refractivity contribution in [3.63, 3.8) is 0 Å². The summed E-state index contributed by atoms with van der Waals surface area (Å²) in [6.45, 7) is 0. The van der Waals surface area contributed by atoms with E-state index < -0.39 is 0 Å². The predicted octanol–water partition coefficient (Wildman–Crippen LogP) is 2.61. The van der Waals surface area contributed by atoms with Gasteiger partial charge in [-0.05, 0) is 18.2 Å². The summed E-state index contributed by atoms with van der Waals surface area (Å²) in [4.78, 5) is 6.77. The van der Waals surface area contributed by atoms with E-state index in [1.807, 2.05) is 6.07 Å². The van der Waals surface area contributed by atoms with E-state index in [4.69, 9.17) is 21.6 Å². The Labute approximate surface area is 97.5 Å². The lowest BCUT2D eigenvalue weighted by molar-refractivity contribution is 0.416. The Morgan fingerprint density at radius 3 is 2.94 bits per heavy atom. The summed E-state index contributed by atoms with van der Waals surface area (Å²) in [5.41, 5.74) is 1.49. The van der Waals surface area contributed by atoms with Gasteiger partial charge in [-0.15, -0.1) is 0 Å². The number of nitrogens with zero attached hydrogens (tertiary/aromatic N) is 2. The van der Waals surface area contributed by atoms with Crippen LogP contribution >= 0.6 is 11.6 Å². The van der Waals surface area contributed by atoms with Crippen molar-refractivity contribution in [2.45, 2.75) is 0 Å². The van der Waals surface area contributed by atoms with E-state index in [9.17, 15) is 0 Å². The Bertz CT molecular complexity index is 557. The number of imidazole rings is 1. The molecule has 0 atom stereocenters. The van der Waals surface area contributed by atoms with E-state index in [2.05, 4.69) is 9.97 Å². The number of halogens is 1. The van der Waals surface area contributed by atoms with Gasteiger partial charge in [0.1, 0.15) is 11.8 Å². The maximum Gasteiger partial charge on any atom is 0.210 e. The van der Waals surface area contributed by atoms with Crippen LogP contribution in [0.5, 0.6) is 5.75 Å². The molecular weight excluding hydrogens is 226 g/mol. The third kappa shape index (κ3) is 1.86. The second-order valence-electron chi connectivity index (χ2n) is 3.10. The van der Waals surface area contributed by atoms with Crippen LogP contribution in [0.25, 0.3) is 11.3 Å². The topological polar surface area (TPSA) is 61.7 Å². The molecule has 0 aliphatic heterocycles. The predicted molar refractivity (Wildman–Crippen MR) is 60.3 cm³/mol. The van der Waals surface area contributed by atoms with E-state index in [0.29, 0.717) is 16.5 Å². The fraction of sp³-hybridized carbons (Fsp3) is 0.0909. The first-order chi connectivity index (χ1) is 7.74.